The average Bonchev–Trinajstić information content (AvgIpc) is 2.66. The highest BCUT2D eigenvalue weighted by Crippen LogP contribution is 2.32. The summed E-state index contributed by atoms with van der Waals surface area (Å²) >= 11 is 1.75. The molecular formula is C13H21NOS. The van der Waals surface area contributed by atoms with Crippen LogP contribution in [0.25, 0.3) is 0 Å². The first-order valence-electron chi connectivity index (χ1n) is 6.24. The Morgan fingerprint density at radius 3 is 3.00 bits per heavy atom. The van der Waals surface area contributed by atoms with Crippen LogP contribution in [-0.2, 0) is 6.42 Å². The lowest BCUT2D eigenvalue weighted by Crippen LogP contribution is -2.28. The third-order valence-corrected chi connectivity index (χ3v) is 4.79. The summed E-state index contributed by atoms with van der Waals surface area (Å²) in [6, 6.07) is 0. The maximum Gasteiger partial charge on any atom is 0.0797 e. The maximum atomic E-state index is 9.97. The summed E-state index contributed by atoms with van der Waals surface area (Å²) in [5, 5.41) is 9.97. The lowest BCUT2D eigenvalue weighted by atomic mass is 9.78. The van der Waals surface area contributed by atoms with E-state index in [0.29, 0.717) is 5.92 Å². The zero-order valence-electron chi connectivity index (χ0n) is 10.1. The van der Waals surface area contributed by atoms with Gasteiger partial charge in [0.2, 0.25) is 0 Å². The molecule has 1 saturated carbocycles. The quantitative estimate of drug-likeness (QED) is 0.879. The van der Waals surface area contributed by atoms with Crippen molar-refractivity contribution >= 4 is 11.3 Å². The van der Waals surface area contributed by atoms with Gasteiger partial charge in [-0.2, -0.15) is 0 Å². The molecular weight excluding hydrogens is 218 g/mol. The monoisotopic (exact) mass is 239 g/mol. The molecule has 1 aromatic rings. The number of rotatable bonds is 3. The minimum atomic E-state index is -0.0653. The average molecular weight is 239 g/mol. The smallest absolute Gasteiger partial charge is 0.0797 e. The Morgan fingerprint density at radius 1 is 1.50 bits per heavy atom. The molecule has 2 rings (SSSR count). The molecule has 0 spiro atoms. The molecule has 0 amide bonds. The number of hydrogen-bond acceptors (Lipinski definition) is 3. The zero-order valence-corrected chi connectivity index (χ0v) is 11.0. The van der Waals surface area contributed by atoms with Gasteiger partial charge in [-0.1, -0.05) is 6.92 Å². The molecule has 16 heavy (non-hydrogen) atoms. The van der Waals surface area contributed by atoms with E-state index in [0.717, 1.165) is 25.2 Å². The van der Waals surface area contributed by atoms with Gasteiger partial charge in [0.1, 0.15) is 0 Å². The van der Waals surface area contributed by atoms with Gasteiger partial charge in [0.25, 0.3) is 0 Å². The lowest BCUT2D eigenvalue weighted by molar-refractivity contribution is 0.0477. The van der Waals surface area contributed by atoms with Crippen molar-refractivity contribution in [2.24, 2.45) is 11.8 Å². The molecule has 0 aromatic carbocycles. The van der Waals surface area contributed by atoms with Gasteiger partial charge in [0.15, 0.2) is 0 Å². The number of nitrogens with zero attached hydrogens (tertiary/aromatic N) is 1. The van der Waals surface area contributed by atoms with Crippen molar-refractivity contribution in [2.45, 2.75) is 52.1 Å². The second-order valence-electron chi connectivity index (χ2n) is 5.15. The fourth-order valence-corrected chi connectivity index (χ4v) is 3.47. The molecule has 3 heteroatoms. The van der Waals surface area contributed by atoms with Gasteiger partial charge in [0.05, 0.1) is 17.3 Å². The third kappa shape index (κ3) is 2.83. The van der Waals surface area contributed by atoms with E-state index in [1.165, 1.54) is 23.4 Å². The van der Waals surface area contributed by atoms with Gasteiger partial charge in [-0.25, -0.2) is 4.98 Å². The minimum Gasteiger partial charge on any atom is -0.393 e. The molecule has 1 aliphatic carbocycles. The minimum absolute atomic E-state index is 0.0653. The SMILES string of the molecule is Cc1ncsc1CCC1CC(C)CCC1O. The highest BCUT2D eigenvalue weighted by Gasteiger charge is 2.26. The van der Waals surface area contributed by atoms with Crippen LogP contribution in [0.5, 0.6) is 0 Å². The normalized spacial score (nSPS) is 30.6. The van der Waals surface area contributed by atoms with Crippen LogP contribution in [0.1, 0.15) is 43.2 Å². The number of hydrogen-bond donors (Lipinski definition) is 1. The summed E-state index contributed by atoms with van der Waals surface area (Å²) in [4.78, 5) is 5.66. The van der Waals surface area contributed by atoms with Crippen LogP contribution < -0.4 is 0 Å². The summed E-state index contributed by atoms with van der Waals surface area (Å²) in [7, 11) is 0. The van der Waals surface area contributed by atoms with Gasteiger partial charge in [0, 0.05) is 4.88 Å². The Labute approximate surface area is 102 Å². The van der Waals surface area contributed by atoms with E-state index in [9.17, 15) is 5.11 Å². The highest BCUT2D eigenvalue weighted by molar-refractivity contribution is 7.09. The molecule has 1 fully saturated rings. The van der Waals surface area contributed by atoms with E-state index in [1.807, 2.05) is 5.51 Å². The van der Waals surface area contributed by atoms with E-state index in [1.54, 1.807) is 11.3 Å². The predicted molar refractivity (Wildman–Crippen MR) is 67.7 cm³/mol. The van der Waals surface area contributed by atoms with Crippen molar-refractivity contribution in [2.75, 3.05) is 0 Å². The summed E-state index contributed by atoms with van der Waals surface area (Å²) in [5.41, 5.74) is 3.09. The fraction of sp³-hybridized carbons (Fsp3) is 0.769. The Morgan fingerprint density at radius 2 is 2.31 bits per heavy atom. The lowest BCUT2D eigenvalue weighted by Gasteiger charge is -2.31. The standard InChI is InChI=1S/C13H21NOS/c1-9-3-5-12(15)11(7-9)4-6-13-10(2)14-8-16-13/h8-9,11-12,15H,3-7H2,1-2H3. The van der Waals surface area contributed by atoms with Gasteiger partial charge in [-0.05, 0) is 50.9 Å². The maximum absolute atomic E-state index is 9.97. The van der Waals surface area contributed by atoms with Gasteiger partial charge < -0.3 is 5.11 Å². The zero-order chi connectivity index (χ0) is 11.5. The van der Waals surface area contributed by atoms with Crippen LogP contribution in [-0.4, -0.2) is 16.2 Å². The third-order valence-electron chi connectivity index (χ3n) is 3.79. The molecule has 90 valence electrons. The van der Waals surface area contributed by atoms with Crippen molar-refractivity contribution in [3.05, 3.63) is 16.1 Å². The first-order chi connectivity index (χ1) is 7.66. The molecule has 2 nitrogen and oxygen atoms in total. The van der Waals surface area contributed by atoms with Crippen LogP contribution in [0, 0.1) is 18.8 Å². The topological polar surface area (TPSA) is 33.1 Å². The Kier molecular flexibility index (Phi) is 3.98. The van der Waals surface area contributed by atoms with E-state index < -0.39 is 0 Å². The largest absolute Gasteiger partial charge is 0.393 e. The van der Waals surface area contributed by atoms with Crippen molar-refractivity contribution in [3.63, 3.8) is 0 Å². The predicted octanol–water partition coefficient (Wildman–Crippen LogP) is 3.18. The van der Waals surface area contributed by atoms with E-state index >= 15 is 0 Å². The van der Waals surface area contributed by atoms with Crippen LogP contribution in [0.15, 0.2) is 5.51 Å². The van der Waals surface area contributed by atoms with Gasteiger partial charge >= 0.3 is 0 Å². The summed E-state index contributed by atoms with van der Waals surface area (Å²) < 4.78 is 0. The molecule has 1 heterocycles. The Balaban J connectivity index is 1.87. The summed E-state index contributed by atoms with van der Waals surface area (Å²) in [6.07, 6.45) is 5.52. The van der Waals surface area contributed by atoms with Crippen molar-refractivity contribution in [3.8, 4) is 0 Å². The van der Waals surface area contributed by atoms with E-state index in [-0.39, 0.29) is 6.10 Å². The first-order valence-corrected chi connectivity index (χ1v) is 7.11. The van der Waals surface area contributed by atoms with Crippen molar-refractivity contribution in [1.82, 2.24) is 4.98 Å². The number of thiazole rings is 1. The van der Waals surface area contributed by atoms with E-state index in [2.05, 4.69) is 18.8 Å². The number of aliphatic hydroxyl groups is 1. The first kappa shape index (κ1) is 12.1. The summed E-state index contributed by atoms with van der Waals surface area (Å²) in [5.74, 6) is 1.29. The van der Waals surface area contributed by atoms with Crippen molar-refractivity contribution in [1.29, 1.82) is 0 Å². The highest BCUT2D eigenvalue weighted by atomic mass is 32.1. The molecule has 1 aliphatic rings. The number of aromatic nitrogens is 1. The number of aliphatic hydroxyl groups excluding tert-OH is 1. The molecule has 3 unspecified atom stereocenters. The van der Waals surface area contributed by atoms with Crippen LogP contribution in [0.4, 0.5) is 0 Å². The molecule has 0 radical (unpaired) electrons. The second kappa shape index (κ2) is 5.28. The fourth-order valence-electron chi connectivity index (χ4n) is 2.68. The Bertz CT molecular complexity index is 336. The molecule has 1 aromatic heterocycles. The second-order valence-corrected chi connectivity index (χ2v) is 6.08. The Hall–Kier alpha value is -0.410. The molecule has 3 atom stereocenters. The van der Waals surface area contributed by atoms with Crippen molar-refractivity contribution < 1.29 is 5.11 Å². The molecule has 0 aliphatic heterocycles. The van der Waals surface area contributed by atoms with Gasteiger partial charge in [-0.15, -0.1) is 11.3 Å². The number of aryl methyl sites for hydroxylation is 2. The molecule has 0 bridgehead atoms. The summed E-state index contributed by atoms with van der Waals surface area (Å²) in [6.45, 7) is 4.38. The molecule has 1 N–H and O–H groups in total. The van der Waals surface area contributed by atoms with Gasteiger partial charge in [-0.3, -0.25) is 0 Å². The van der Waals surface area contributed by atoms with Crippen LogP contribution in [0.3, 0.4) is 0 Å². The van der Waals surface area contributed by atoms with Crippen LogP contribution >= 0.6 is 11.3 Å². The van der Waals surface area contributed by atoms with Crippen LogP contribution in [0.2, 0.25) is 0 Å². The molecule has 0 saturated heterocycles. The van der Waals surface area contributed by atoms with E-state index in [4.69, 9.17) is 0 Å².